The second-order valence-corrected chi connectivity index (χ2v) is 0.675. The minimum Gasteiger partial charge on any atom is -0.258 e. The predicted octanol–water partition coefficient (Wildman–Crippen LogP) is -0.927. The van der Waals surface area contributed by atoms with Crippen molar-refractivity contribution in [2.75, 3.05) is 0 Å². The van der Waals surface area contributed by atoms with Gasteiger partial charge in [0, 0.05) is 18.9 Å². The molecule has 0 unspecified atom stereocenters. The zero-order chi connectivity index (χ0) is 4.50. The molecule has 0 rings (SSSR count). The van der Waals surface area contributed by atoms with Crippen molar-refractivity contribution in [3.05, 3.63) is 0 Å². The molecule has 5 heteroatoms. The molecule has 0 spiro atoms. The van der Waals surface area contributed by atoms with Gasteiger partial charge < -0.3 is 0 Å². The van der Waals surface area contributed by atoms with E-state index in [4.69, 9.17) is 0 Å². The Morgan fingerprint density at radius 3 is 1.17 bits per heavy atom. The van der Waals surface area contributed by atoms with Crippen molar-refractivity contribution in [2.45, 2.75) is 6.17 Å². The molecule has 0 fully saturated rings. The molecule has 1 radical (unpaired) electrons. The summed E-state index contributed by atoms with van der Waals surface area (Å²) in [5.41, 5.74) is 7.60. The number of nitrogens with two attached hydrogens (primary N) is 2. The number of rotatable bonds is 0. The molecule has 4 N–H and O–H groups in total. The smallest absolute Gasteiger partial charge is 0.258 e. The molecule has 0 saturated carbocycles. The molecule has 0 aliphatic carbocycles. The molecule has 0 aliphatic rings. The SMILES string of the molecule is NC(N)(F)F.[Li]. The molecule has 0 saturated heterocycles. The van der Waals surface area contributed by atoms with Crippen molar-refractivity contribution in [2.24, 2.45) is 11.5 Å². The third-order valence-corrected chi connectivity index (χ3v) is 0. The predicted molar refractivity (Wildman–Crippen MR) is 19.1 cm³/mol. The fourth-order valence-electron chi connectivity index (χ4n) is 0. The third-order valence-electron chi connectivity index (χ3n) is 0. The summed E-state index contributed by atoms with van der Waals surface area (Å²) in [6, 6.07) is 0. The Bertz CT molecular complexity index is 27.0. The Kier molecular flexibility index (Phi) is 4.06. The summed E-state index contributed by atoms with van der Waals surface area (Å²) >= 11 is 0. The van der Waals surface area contributed by atoms with Crippen LogP contribution in [0.2, 0.25) is 0 Å². The Morgan fingerprint density at radius 2 is 1.17 bits per heavy atom. The van der Waals surface area contributed by atoms with Gasteiger partial charge in [-0.1, -0.05) is 0 Å². The van der Waals surface area contributed by atoms with Gasteiger partial charge in [-0.2, -0.15) is 8.78 Å². The minimum atomic E-state index is -3.50. The van der Waals surface area contributed by atoms with Crippen molar-refractivity contribution in [3.63, 3.8) is 0 Å². The van der Waals surface area contributed by atoms with Gasteiger partial charge in [-0.25, -0.2) is 0 Å². The van der Waals surface area contributed by atoms with E-state index in [1.54, 1.807) is 0 Å². The van der Waals surface area contributed by atoms with Gasteiger partial charge in [0.25, 0.3) is 0 Å². The molecule has 0 atom stereocenters. The molecule has 0 heterocycles. The molecular formula is CH4F2LiN2. The van der Waals surface area contributed by atoms with Crippen LogP contribution in [0.5, 0.6) is 0 Å². The molecule has 0 aliphatic heterocycles. The van der Waals surface area contributed by atoms with Crippen molar-refractivity contribution in [1.29, 1.82) is 0 Å². The molecule has 33 valence electrons. The van der Waals surface area contributed by atoms with Gasteiger partial charge in [-0.05, 0) is 0 Å². The van der Waals surface area contributed by atoms with Crippen molar-refractivity contribution < 1.29 is 8.78 Å². The Hall–Kier alpha value is 0.377. The maximum Gasteiger partial charge on any atom is 0.359 e. The maximum atomic E-state index is 10.6. The number of alkyl halides is 2. The van der Waals surface area contributed by atoms with Crippen molar-refractivity contribution in [3.8, 4) is 0 Å². The van der Waals surface area contributed by atoms with Crippen molar-refractivity contribution in [1.82, 2.24) is 0 Å². The van der Waals surface area contributed by atoms with Crippen LogP contribution in [0, 0.1) is 0 Å². The molecular weight excluding hydrogens is 85.0 g/mol. The van der Waals surface area contributed by atoms with Gasteiger partial charge in [0.1, 0.15) is 0 Å². The fourth-order valence-corrected chi connectivity index (χ4v) is 0. The van der Waals surface area contributed by atoms with Crippen LogP contribution >= 0.6 is 0 Å². The standard InChI is InChI=1S/CH4F2N2.Li/c2-1(3,4)5;/h4-5H2;. The fraction of sp³-hybridized carbons (Fsp3) is 1.00. The largest absolute Gasteiger partial charge is 0.359 e. The Morgan fingerprint density at radius 1 is 1.17 bits per heavy atom. The normalized spacial score (nSPS) is 10.0. The Balaban J connectivity index is 0. The van der Waals surface area contributed by atoms with E-state index in [-0.39, 0.29) is 18.9 Å². The summed E-state index contributed by atoms with van der Waals surface area (Å²) in [5, 5.41) is 0. The number of hydrogen-bond acceptors (Lipinski definition) is 2. The van der Waals surface area contributed by atoms with E-state index >= 15 is 0 Å². The second-order valence-electron chi connectivity index (χ2n) is 0.675. The van der Waals surface area contributed by atoms with Gasteiger partial charge in [-0.3, -0.25) is 11.5 Å². The van der Waals surface area contributed by atoms with Crippen LogP contribution < -0.4 is 11.5 Å². The first-order valence-electron chi connectivity index (χ1n) is 0.955. The summed E-state index contributed by atoms with van der Waals surface area (Å²) in [5.74, 6) is 0. The molecule has 6 heavy (non-hydrogen) atoms. The van der Waals surface area contributed by atoms with E-state index < -0.39 is 6.17 Å². The van der Waals surface area contributed by atoms with Gasteiger partial charge in [0.05, 0.1) is 0 Å². The maximum absolute atomic E-state index is 10.6. The van der Waals surface area contributed by atoms with E-state index in [9.17, 15) is 8.78 Å². The topological polar surface area (TPSA) is 52.0 Å². The summed E-state index contributed by atoms with van der Waals surface area (Å²) < 4.78 is 21.2. The van der Waals surface area contributed by atoms with Crippen LogP contribution in [0.4, 0.5) is 8.78 Å². The van der Waals surface area contributed by atoms with E-state index in [1.807, 2.05) is 0 Å². The van der Waals surface area contributed by atoms with Crippen LogP contribution in [0.25, 0.3) is 0 Å². The van der Waals surface area contributed by atoms with Crippen LogP contribution in [0.15, 0.2) is 0 Å². The van der Waals surface area contributed by atoms with Gasteiger partial charge >= 0.3 is 6.17 Å². The van der Waals surface area contributed by atoms with Gasteiger partial charge in [0.15, 0.2) is 0 Å². The molecule has 0 aromatic rings. The zero-order valence-corrected chi connectivity index (χ0v) is 3.41. The number of hydrogen-bond donors (Lipinski definition) is 2. The molecule has 0 aromatic carbocycles. The van der Waals surface area contributed by atoms with Crippen molar-refractivity contribution >= 4 is 18.9 Å². The average Bonchev–Trinajstić information content (AvgIpc) is 0.722. The van der Waals surface area contributed by atoms with Crippen LogP contribution in [0.1, 0.15) is 0 Å². The van der Waals surface area contributed by atoms with E-state index in [0.717, 1.165) is 0 Å². The van der Waals surface area contributed by atoms with Gasteiger partial charge in [-0.15, -0.1) is 0 Å². The minimum absolute atomic E-state index is 0. The quantitative estimate of drug-likeness (QED) is 0.229. The van der Waals surface area contributed by atoms with Crippen LogP contribution in [-0.4, -0.2) is 25.0 Å². The Labute approximate surface area is 46.0 Å². The first kappa shape index (κ1) is 9.62. The number of halogens is 2. The third kappa shape index (κ3) is 351. The summed E-state index contributed by atoms with van der Waals surface area (Å²) in [7, 11) is 0. The van der Waals surface area contributed by atoms with E-state index in [0.29, 0.717) is 0 Å². The molecule has 0 amide bonds. The molecule has 0 bridgehead atoms. The summed E-state index contributed by atoms with van der Waals surface area (Å²) in [6.45, 7) is 0. The first-order valence-corrected chi connectivity index (χ1v) is 0.955. The van der Waals surface area contributed by atoms with Crippen LogP contribution in [-0.2, 0) is 0 Å². The van der Waals surface area contributed by atoms with Crippen LogP contribution in [0.3, 0.4) is 0 Å². The van der Waals surface area contributed by atoms with Gasteiger partial charge in [0.2, 0.25) is 0 Å². The summed E-state index contributed by atoms with van der Waals surface area (Å²) in [6.07, 6.45) is -3.50. The molecule has 0 aromatic heterocycles. The summed E-state index contributed by atoms with van der Waals surface area (Å²) in [4.78, 5) is 0. The molecule has 2 nitrogen and oxygen atoms in total. The van der Waals surface area contributed by atoms with E-state index in [1.165, 1.54) is 0 Å². The monoisotopic (exact) mass is 89.1 g/mol. The first-order chi connectivity index (χ1) is 2.00. The zero-order valence-electron chi connectivity index (χ0n) is 3.41. The van der Waals surface area contributed by atoms with E-state index in [2.05, 4.69) is 11.5 Å². The average molecular weight is 89.0 g/mol. The second kappa shape index (κ2) is 2.53.